The summed E-state index contributed by atoms with van der Waals surface area (Å²) >= 11 is 0. The maximum absolute atomic E-state index is 10.2. The van der Waals surface area contributed by atoms with Gasteiger partial charge in [-0.3, -0.25) is 20.2 Å². The van der Waals surface area contributed by atoms with Crippen molar-refractivity contribution in [1.29, 1.82) is 0 Å². The molecule has 13 heteroatoms. The van der Waals surface area contributed by atoms with Gasteiger partial charge in [-0.05, 0) is 4.92 Å². The van der Waals surface area contributed by atoms with Gasteiger partial charge in [-0.2, -0.15) is 0 Å². The monoisotopic (exact) mass is 219 g/mol. The molecule has 15 heavy (non-hydrogen) atoms. The normalized spacial score (nSPS) is 10.2. The van der Waals surface area contributed by atoms with Gasteiger partial charge in [-0.25, -0.2) is 0 Å². The van der Waals surface area contributed by atoms with Gasteiger partial charge in [0.1, 0.15) is 9.85 Å². The maximum Gasteiger partial charge on any atom is 0.582 e. The first-order chi connectivity index (χ1) is 6.93. The fraction of sp³-hybridized carbons (Fsp3) is 0.500. The van der Waals surface area contributed by atoms with Crippen molar-refractivity contribution in [3.63, 3.8) is 0 Å². The van der Waals surface area contributed by atoms with Gasteiger partial charge in [-0.1, -0.05) is 0 Å². The minimum absolute atomic E-state index is 0.0574. The van der Waals surface area contributed by atoms with Crippen molar-refractivity contribution in [2.24, 2.45) is 0 Å². The Labute approximate surface area is 78.7 Å². The molecule has 1 heterocycles. The van der Waals surface area contributed by atoms with E-state index in [0.717, 1.165) is 0 Å². The lowest BCUT2D eigenvalue weighted by Crippen LogP contribution is -2.28. The zero-order valence-electron chi connectivity index (χ0n) is 6.66. The van der Waals surface area contributed by atoms with Gasteiger partial charge in [0, 0.05) is 0 Å². The van der Waals surface area contributed by atoms with E-state index in [4.69, 9.17) is 0 Å². The lowest BCUT2D eigenvalue weighted by molar-refractivity contribution is -0.776. The summed E-state index contributed by atoms with van der Waals surface area (Å²) in [5, 5.41) is 38.9. The summed E-state index contributed by atoms with van der Waals surface area (Å²) in [6.07, 6.45) is -2.52. The van der Waals surface area contributed by atoms with Crippen LogP contribution in [0.3, 0.4) is 0 Å². The average molecular weight is 219 g/mol. The van der Waals surface area contributed by atoms with Gasteiger partial charge < -0.3 is 10.1 Å². The van der Waals surface area contributed by atoms with Crippen LogP contribution in [0.1, 0.15) is 6.29 Å². The van der Waals surface area contributed by atoms with E-state index in [-0.39, 0.29) is 4.80 Å². The smallest absolute Gasteiger partial charge is 0.390 e. The Morgan fingerprint density at radius 2 is 1.67 bits per heavy atom. The van der Waals surface area contributed by atoms with Gasteiger partial charge >= 0.3 is 12.2 Å². The van der Waals surface area contributed by atoms with E-state index >= 15 is 0 Å². The van der Waals surface area contributed by atoms with E-state index in [1.165, 1.54) is 0 Å². The summed E-state index contributed by atoms with van der Waals surface area (Å²) in [5.74, 6) is -1.05. The lowest BCUT2D eigenvalue weighted by Gasteiger charge is -1.94. The lowest BCUT2D eigenvalue weighted by atomic mass is 10.9. The van der Waals surface area contributed by atoms with Crippen LogP contribution in [0.25, 0.3) is 0 Å². The third-order valence-electron chi connectivity index (χ3n) is 1.16. The number of nitro groups is 3. The summed E-state index contributed by atoms with van der Waals surface area (Å²) in [5.41, 5.74) is 0. The van der Waals surface area contributed by atoms with E-state index < -0.39 is 27.0 Å². The molecule has 80 valence electrons. The van der Waals surface area contributed by atoms with Crippen LogP contribution in [0.5, 0.6) is 0 Å². The highest BCUT2D eigenvalue weighted by atomic mass is 16.7. The van der Waals surface area contributed by atoms with Crippen molar-refractivity contribution in [1.82, 2.24) is 20.2 Å². The predicted molar refractivity (Wildman–Crippen MR) is 37.5 cm³/mol. The largest absolute Gasteiger partial charge is 0.582 e. The fourth-order valence-electron chi connectivity index (χ4n) is 0.634. The zero-order valence-corrected chi connectivity index (χ0v) is 6.66. The number of aromatic nitrogens is 4. The molecule has 0 atom stereocenters. The van der Waals surface area contributed by atoms with Crippen LogP contribution < -0.4 is 0 Å². The molecule has 0 fully saturated rings. The predicted octanol–water partition coefficient (Wildman–Crippen LogP) is -1.41. The van der Waals surface area contributed by atoms with E-state index in [9.17, 15) is 30.3 Å². The third-order valence-corrected chi connectivity index (χ3v) is 1.16. The van der Waals surface area contributed by atoms with E-state index in [2.05, 4.69) is 15.4 Å². The molecule has 0 radical (unpaired) electrons. The Hall–Kier alpha value is -2.73. The van der Waals surface area contributed by atoms with Crippen molar-refractivity contribution >= 4 is 5.95 Å². The molecule has 0 spiro atoms. The summed E-state index contributed by atoms with van der Waals surface area (Å²) in [7, 11) is 0. The molecule has 1 aromatic rings. The highest BCUT2D eigenvalue weighted by molar-refractivity contribution is 4.92. The van der Waals surface area contributed by atoms with Gasteiger partial charge in [0.25, 0.3) is 0 Å². The molecule has 0 saturated heterocycles. The SMILES string of the molecule is O=[N+]([O-])c1nnn(C([N+](=O)[O-])[N+](=O)[O-])n1. The first-order valence-corrected chi connectivity index (χ1v) is 3.14. The second-order valence-electron chi connectivity index (χ2n) is 2.08. The Kier molecular flexibility index (Phi) is 2.46. The molecule has 0 aliphatic heterocycles. The number of tetrazole rings is 1. The minimum Gasteiger partial charge on any atom is -0.390 e. The Bertz CT molecular complexity index is 409. The van der Waals surface area contributed by atoms with Crippen molar-refractivity contribution in [2.75, 3.05) is 0 Å². The molecule has 0 aliphatic carbocycles. The number of rotatable bonds is 4. The topological polar surface area (TPSA) is 173 Å². The number of hydrogen-bond acceptors (Lipinski definition) is 9. The summed E-state index contributed by atoms with van der Waals surface area (Å²) in [6, 6.07) is 0. The fourth-order valence-corrected chi connectivity index (χ4v) is 0.634. The van der Waals surface area contributed by atoms with Crippen LogP contribution >= 0.6 is 0 Å². The van der Waals surface area contributed by atoms with Gasteiger partial charge in [0.05, 0.1) is 20.2 Å². The van der Waals surface area contributed by atoms with Gasteiger partial charge in [0.2, 0.25) is 0 Å². The van der Waals surface area contributed by atoms with Crippen molar-refractivity contribution in [3.05, 3.63) is 30.3 Å². The van der Waals surface area contributed by atoms with Crippen LogP contribution in [-0.4, -0.2) is 35.0 Å². The summed E-state index contributed by atoms with van der Waals surface area (Å²) < 4.78 is 0. The molecule has 1 rings (SSSR count). The molecular weight excluding hydrogens is 218 g/mol. The van der Waals surface area contributed by atoms with E-state index in [1.54, 1.807) is 0 Å². The highest BCUT2D eigenvalue weighted by Gasteiger charge is 2.41. The summed E-state index contributed by atoms with van der Waals surface area (Å²) in [6.45, 7) is 0. The van der Waals surface area contributed by atoms with Crippen LogP contribution in [0.2, 0.25) is 0 Å². The number of hydrogen-bond donors (Lipinski definition) is 0. The molecule has 0 bridgehead atoms. The van der Waals surface area contributed by atoms with Gasteiger partial charge in [0.15, 0.2) is 0 Å². The molecule has 0 unspecified atom stereocenters. The van der Waals surface area contributed by atoms with Crippen molar-refractivity contribution in [3.8, 4) is 0 Å². The van der Waals surface area contributed by atoms with Crippen LogP contribution in [0.4, 0.5) is 5.95 Å². The molecule has 13 nitrogen and oxygen atoms in total. The van der Waals surface area contributed by atoms with Crippen molar-refractivity contribution in [2.45, 2.75) is 6.29 Å². The molecule has 0 amide bonds. The first-order valence-electron chi connectivity index (χ1n) is 3.14. The first kappa shape index (κ1) is 10.4. The van der Waals surface area contributed by atoms with Crippen molar-refractivity contribution < 1.29 is 14.8 Å². The second kappa shape index (κ2) is 3.56. The standard InChI is InChI=1S/C2HN7O6/c10-7(11)1-3-5-6(4-1)2(8(12)13)9(14)15/h2H. The number of nitrogens with zero attached hydrogens (tertiary/aromatic N) is 7. The van der Waals surface area contributed by atoms with Crippen LogP contribution in [-0.2, 0) is 0 Å². The van der Waals surface area contributed by atoms with Crippen LogP contribution in [0.15, 0.2) is 0 Å². The molecular formula is C2HN7O6. The Morgan fingerprint density at radius 1 is 1.13 bits per heavy atom. The molecule has 0 aromatic carbocycles. The highest BCUT2D eigenvalue weighted by Crippen LogP contribution is 2.06. The minimum atomic E-state index is -2.52. The second-order valence-corrected chi connectivity index (χ2v) is 2.08. The average Bonchev–Trinajstić information content (AvgIpc) is 2.51. The van der Waals surface area contributed by atoms with Gasteiger partial charge in [-0.15, -0.1) is 0 Å². The van der Waals surface area contributed by atoms with E-state index in [1.807, 2.05) is 0 Å². The molecule has 1 aromatic heterocycles. The van der Waals surface area contributed by atoms with E-state index in [0.29, 0.717) is 0 Å². The van der Waals surface area contributed by atoms with Crippen LogP contribution in [0, 0.1) is 30.3 Å². The molecule has 0 N–H and O–H groups in total. The summed E-state index contributed by atoms with van der Waals surface area (Å²) in [4.78, 5) is 26.7. The molecule has 0 aliphatic rings. The maximum atomic E-state index is 10.2. The molecule has 0 saturated carbocycles. The Balaban J connectivity index is 3.07. The third kappa shape index (κ3) is 1.95. The Morgan fingerprint density at radius 3 is 2.00 bits per heavy atom. The quantitative estimate of drug-likeness (QED) is 0.334. The zero-order chi connectivity index (χ0) is 11.6.